The Bertz CT molecular complexity index is 1230. The SMILES string of the molecule is COc1cccc(Cn2nc(C(=O)N3CCN(c4ncccn4)CC3)c3ccccc32)c1. The van der Waals surface area contributed by atoms with Crippen molar-refractivity contribution in [3.8, 4) is 5.75 Å². The van der Waals surface area contributed by atoms with Crippen LogP contribution in [0.4, 0.5) is 5.95 Å². The van der Waals surface area contributed by atoms with Crippen LogP contribution < -0.4 is 9.64 Å². The van der Waals surface area contributed by atoms with Crippen LogP contribution in [0, 0.1) is 0 Å². The van der Waals surface area contributed by atoms with Crippen molar-refractivity contribution in [2.45, 2.75) is 6.54 Å². The first-order chi connectivity index (χ1) is 15.7. The molecule has 1 saturated heterocycles. The first kappa shape index (κ1) is 20.0. The molecule has 8 nitrogen and oxygen atoms in total. The molecule has 32 heavy (non-hydrogen) atoms. The second-order valence-corrected chi connectivity index (χ2v) is 7.70. The molecule has 0 radical (unpaired) electrons. The number of benzene rings is 2. The highest BCUT2D eigenvalue weighted by molar-refractivity contribution is 6.05. The maximum Gasteiger partial charge on any atom is 0.275 e. The van der Waals surface area contributed by atoms with Gasteiger partial charge < -0.3 is 14.5 Å². The number of carbonyl (C=O) groups excluding carboxylic acids is 1. The van der Waals surface area contributed by atoms with E-state index in [1.165, 1.54) is 0 Å². The molecule has 1 amide bonds. The number of carbonyl (C=O) groups is 1. The summed E-state index contributed by atoms with van der Waals surface area (Å²) in [6.45, 7) is 3.16. The van der Waals surface area contributed by atoms with Crippen LogP contribution in [0.1, 0.15) is 16.1 Å². The maximum atomic E-state index is 13.4. The Morgan fingerprint density at radius 2 is 1.75 bits per heavy atom. The van der Waals surface area contributed by atoms with E-state index in [4.69, 9.17) is 9.84 Å². The summed E-state index contributed by atoms with van der Waals surface area (Å²) in [7, 11) is 1.66. The Balaban J connectivity index is 1.38. The van der Waals surface area contributed by atoms with E-state index in [1.54, 1.807) is 25.6 Å². The van der Waals surface area contributed by atoms with Crippen LogP contribution in [0.25, 0.3) is 10.9 Å². The lowest BCUT2D eigenvalue weighted by molar-refractivity contribution is 0.0741. The van der Waals surface area contributed by atoms with Gasteiger partial charge >= 0.3 is 0 Å². The fraction of sp³-hybridized carbons (Fsp3) is 0.250. The van der Waals surface area contributed by atoms with E-state index < -0.39 is 0 Å². The molecule has 4 aromatic rings. The van der Waals surface area contributed by atoms with Gasteiger partial charge in [-0.05, 0) is 29.8 Å². The van der Waals surface area contributed by atoms with Gasteiger partial charge in [-0.25, -0.2) is 9.97 Å². The summed E-state index contributed by atoms with van der Waals surface area (Å²) in [5.41, 5.74) is 2.50. The van der Waals surface area contributed by atoms with E-state index in [1.807, 2.05) is 58.1 Å². The molecular formula is C24H24N6O2. The molecule has 0 spiro atoms. The van der Waals surface area contributed by atoms with Crippen LogP contribution in [0.3, 0.4) is 0 Å². The lowest BCUT2D eigenvalue weighted by Gasteiger charge is -2.34. The van der Waals surface area contributed by atoms with Crippen molar-refractivity contribution >= 4 is 22.8 Å². The second kappa shape index (κ2) is 8.66. The van der Waals surface area contributed by atoms with Crippen molar-refractivity contribution in [1.29, 1.82) is 0 Å². The summed E-state index contributed by atoms with van der Waals surface area (Å²) < 4.78 is 7.23. The zero-order valence-corrected chi connectivity index (χ0v) is 17.9. The Kier molecular flexibility index (Phi) is 5.41. The van der Waals surface area contributed by atoms with Gasteiger partial charge in [0.05, 0.1) is 19.2 Å². The number of ether oxygens (including phenoxy) is 1. The van der Waals surface area contributed by atoms with Crippen molar-refractivity contribution in [3.05, 3.63) is 78.2 Å². The number of rotatable bonds is 5. The van der Waals surface area contributed by atoms with Crippen LogP contribution in [0.5, 0.6) is 5.75 Å². The number of hydrogen-bond acceptors (Lipinski definition) is 6. The minimum absolute atomic E-state index is 0.0424. The molecule has 2 aromatic carbocycles. The normalized spacial score (nSPS) is 14.0. The molecule has 5 rings (SSSR count). The highest BCUT2D eigenvalue weighted by Crippen LogP contribution is 2.23. The van der Waals surface area contributed by atoms with E-state index in [2.05, 4.69) is 14.9 Å². The quantitative estimate of drug-likeness (QED) is 0.487. The van der Waals surface area contributed by atoms with Crippen LogP contribution in [-0.4, -0.2) is 63.8 Å². The summed E-state index contributed by atoms with van der Waals surface area (Å²) in [5, 5.41) is 5.61. The summed E-state index contributed by atoms with van der Waals surface area (Å²) in [4.78, 5) is 26.0. The van der Waals surface area contributed by atoms with Crippen molar-refractivity contribution < 1.29 is 9.53 Å². The Hall–Kier alpha value is -3.94. The van der Waals surface area contributed by atoms with Gasteiger partial charge in [0.1, 0.15) is 5.75 Å². The van der Waals surface area contributed by atoms with Crippen molar-refractivity contribution in [2.24, 2.45) is 0 Å². The first-order valence-corrected chi connectivity index (χ1v) is 10.6. The smallest absolute Gasteiger partial charge is 0.275 e. The van der Waals surface area contributed by atoms with Gasteiger partial charge in [-0.1, -0.05) is 30.3 Å². The molecule has 3 heterocycles. The number of piperazine rings is 1. The van der Waals surface area contributed by atoms with Gasteiger partial charge in [-0.15, -0.1) is 0 Å². The molecule has 0 N–H and O–H groups in total. The highest BCUT2D eigenvalue weighted by atomic mass is 16.5. The summed E-state index contributed by atoms with van der Waals surface area (Å²) >= 11 is 0. The van der Waals surface area contributed by atoms with Gasteiger partial charge in [-0.3, -0.25) is 9.48 Å². The number of aromatic nitrogens is 4. The zero-order valence-electron chi connectivity index (χ0n) is 17.9. The van der Waals surface area contributed by atoms with Crippen molar-refractivity contribution in [1.82, 2.24) is 24.6 Å². The summed E-state index contributed by atoms with van der Waals surface area (Å²) in [6, 6.07) is 17.6. The molecule has 0 bridgehead atoms. The molecule has 0 aliphatic carbocycles. The number of fused-ring (bicyclic) bond motifs is 1. The monoisotopic (exact) mass is 428 g/mol. The lowest BCUT2D eigenvalue weighted by atomic mass is 10.1. The van der Waals surface area contributed by atoms with Crippen LogP contribution in [0.2, 0.25) is 0 Å². The first-order valence-electron chi connectivity index (χ1n) is 10.6. The highest BCUT2D eigenvalue weighted by Gasteiger charge is 2.27. The average Bonchev–Trinajstić information content (AvgIpc) is 3.22. The van der Waals surface area contributed by atoms with E-state index in [-0.39, 0.29) is 5.91 Å². The molecule has 1 aliphatic rings. The fourth-order valence-electron chi connectivity index (χ4n) is 4.06. The maximum absolute atomic E-state index is 13.4. The van der Waals surface area contributed by atoms with Gasteiger partial charge in [0.2, 0.25) is 5.95 Å². The average molecular weight is 428 g/mol. The third-order valence-corrected chi connectivity index (χ3v) is 5.73. The second-order valence-electron chi connectivity index (χ2n) is 7.70. The van der Waals surface area contributed by atoms with Crippen LogP contribution in [0.15, 0.2) is 67.0 Å². The lowest BCUT2D eigenvalue weighted by Crippen LogP contribution is -2.49. The number of amides is 1. The molecule has 2 aromatic heterocycles. The predicted molar refractivity (Wildman–Crippen MR) is 122 cm³/mol. The Morgan fingerprint density at radius 3 is 2.53 bits per heavy atom. The number of methoxy groups -OCH3 is 1. The number of para-hydroxylation sites is 1. The number of anilines is 1. The Labute approximate surface area is 186 Å². The molecule has 1 aliphatic heterocycles. The van der Waals surface area contributed by atoms with Gasteiger partial charge in [-0.2, -0.15) is 5.10 Å². The molecule has 162 valence electrons. The summed E-state index contributed by atoms with van der Waals surface area (Å²) in [6.07, 6.45) is 3.47. The van der Waals surface area contributed by atoms with Crippen LogP contribution >= 0.6 is 0 Å². The minimum atomic E-state index is -0.0424. The fourth-order valence-corrected chi connectivity index (χ4v) is 4.06. The van der Waals surface area contributed by atoms with E-state index in [9.17, 15) is 4.79 Å². The molecule has 0 saturated carbocycles. The van der Waals surface area contributed by atoms with Crippen LogP contribution in [-0.2, 0) is 6.54 Å². The zero-order chi connectivity index (χ0) is 21.9. The largest absolute Gasteiger partial charge is 0.497 e. The molecule has 0 unspecified atom stereocenters. The molecule has 0 atom stereocenters. The molecule has 1 fully saturated rings. The topological polar surface area (TPSA) is 76.4 Å². The van der Waals surface area contributed by atoms with Gasteiger partial charge in [0.25, 0.3) is 5.91 Å². The van der Waals surface area contributed by atoms with E-state index in [0.717, 1.165) is 22.2 Å². The third kappa shape index (κ3) is 3.87. The van der Waals surface area contributed by atoms with Gasteiger partial charge in [0, 0.05) is 44.0 Å². The van der Waals surface area contributed by atoms with E-state index >= 15 is 0 Å². The van der Waals surface area contributed by atoms with Crippen molar-refractivity contribution in [2.75, 3.05) is 38.2 Å². The third-order valence-electron chi connectivity index (χ3n) is 5.73. The van der Waals surface area contributed by atoms with Gasteiger partial charge in [0.15, 0.2) is 5.69 Å². The minimum Gasteiger partial charge on any atom is -0.497 e. The Morgan fingerprint density at radius 1 is 0.969 bits per heavy atom. The van der Waals surface area contributed by atoms with E-state index in [0.29, 0.717) is 44.4 Å². The standard InChI is InChI=1S/C24H24N6O2/c1-32-19-7-4-6-18(16-19)17-30-21-9-3-2-8-20(21)22(27-30)23(31)28-12-14-29(15-13-28)24-25-10-5-11-26-24/h2-11,16H,12-15,17H2,1H3. The number of nitrogens with zero attached hydrogens (tertiary/aromatic N) is 6. The summed E-state index contributed by atoms with van der Waals surface area (Å²) in [5.74, 6) is 1.46. The predicted octanol–water partition coefficient (Wildman–Crippen LogP) is 2.85. The number of hydrogen-bond donors (Lipinski definition) is 0. The molecular weight excluding hydrogens is 404 g/mol. The molecule has 8 heteroatoms. The van der Waals surface area contributed by atoms with Crippen molar-refractivity contribution in [3.63, 3.8) is 0 Å².